The highest BCUT2D eigenvalue weighted by Gasteiger charge is 2.22. The van der Waals surface area contributed by atoms with Crippen LogP contribution in [0.4, 0.5) is 5.69 Å². The van der Waals surface area contributed by atoms with Gasteiger partial charge in [-0.05, 0) is 78.6 Å². The number of carbonyl (C=O) groups is 1. The average Bonchev–Trinajstić information content (AvgIpc) is 2.85. The first-order valence-corrected chi connectivity index (χ1v) is 12.0. The highest BCUT2D eigenvalue weighted by atomic mass is 35.5. The number of halogens is 2. The largest absolute Gasteiger partial charge is 0.349 e. The normalized spacial score (nSPS) is 12.7. The van der Waals surface area contributed by atoms with Crippen LogP contribution in [0.3, 0.4) is 0 Å². The molecule has 0 heterocycles. The molecule has 34 heavy (non-hydrogen) atoms. The predicted octanol–water partition coefficient (Wildman–Crippen LogP) is 6.68. The Hall–Kier alpha value is -3.11. The summed E-state index contributed by atoms with van der Waals surface area (Å²) in [5.41, 5.74) is 10.1. The van der Waals surface area contributed by atoms with E-state index in [1.807, 2.05) is 104 Å². The molecule has 0 aromatic heterocycles. The van der Waals surface area contributed by atoms with E-state index in [1.165, 1.54) is 0 Å². The molecule has 0 aliphatic heterocycles. The van der Waals surface area contributed by atoms with E-state index in [9.17, 15) is 4.79 Å². The van der Waals surface area contributed by atoms with E-state index in [-0.39, 0.29) is 17.9 Å². The third-order valence-electron chi connectivity index (χ3n) is 6.10. The number of hydrogen-bond donors (Lipinski definition) is 2. The van der Waals surface area contributed by atoms with Crippen LogP contribution in [0.25, 0.3) is 11.1 Å². The van der Waals surface area contributed by atoms with Gasteiger partial charge >= 0.3 is 0 Å². The Bertz CT molecular complexity index is 1250. The molecule has 0 saturated carbocycles. The Labute approximate surface area is 210 Å². The molecule has 0 aliphatic rings. The first-order valence-electron chi connectivity index (χ1n) is 11.2. The number of hydrogen-bond acceptors (Lipinski definition) is 1. The molecular weight excluding hydrogens is 463 g/mol. The number of rotatable bonds is 7. The highest BCUT2D eigenvalue weighted by Crippen LogP contribution is 2.28. The molecule has 3 nitrogen and oxygen atoms in total. The molecule has 1 amide bonds. The van der Waals surface area contributed by atoms with Crippen molar-refractivity contribution in [1.82, 2.24) is 5.32 Å². The van der Waals surface area contributed by atoms with E-state index in [0.29, 0.717) is 15.6 Å². The van der Waals surface area contributed by atoms with Gasteiger partial charge in [-0.25, -0.2) is 0 Å². The molecule has 0 radical (unpaired) electrons. The van der Waals surface area contributed by atoms with Gasteiger partial charge in [0.05, 0.1) is 0 Å². The van der Waals surface area contributed by atoms with Crippen molar-refractivity contribution >= 4 is 34.8 Å². The van der Waals surface area contributed by atoms with Gasteiger partial charge in [0.1, 0.15) is 5.69 Å². The number of nitrogens with one attached hydrogen (secondary N) is 1. The zero-order valence-electron chi connectivity index (χ0n) is 19.0. The third-order valence-corrected chi connectivity index (χ3v) is 6.61. The summed E-state index contributed by atoms with van der Waals surface area (Å²) >= 11 is 12.2. The van der Waals surface area contributed by atoms with Gasteiger partial charge in [-0.15, -0.1) is 0 Å². The topological polar surface area (TPSA) is 56.7 Å². The molecule has 4 aromatic carbocycles. The van der Waals surface area contributed by atoms with Crippen molar-refractivity contribution in [1.29, 1.82) is 0 Å². The summed E-state index contributed by atoms with van der Waals surface area (Å²) in [6, 6.07) is 31.2. The van der Waals surface area contributed by atoms with Crippen molar-refractivity contribution in [2.75, 3.05) is 0 Å². The zero-order valence-corrected chi connectivity index (χ0v) is 20.5. The maximum Gasteiger partial charge on any atom is 0.251 e. The Kier molecular flexibility index (Phi) is 7.69. The number of quaternary nitrogens is 1. The van der Waals surface area contributed by atoms with Crippen LogP contribution in [0.1, 0.15) is 34.3 Å². The fraction of sp³-hybridized carbons (Fsp3) is 0.138. The fourth-order valence-corrected chi connectivity index (χ4v) is 4.41. The van der Waals surface area contributed by atoms with Crippen molar-refractivity contribution < 1.29 is 10.5 Å². The first-order chi connectivity index (χ1) is 16.4. The molecule has 4 N–H and O–H groups in total. The van der Waals surface area contributed by atoms with Gasteiger partial charge in [-0.1, -0.05) is 71.7 Å². The smallest absolute Gasteiger partial charge is 0.251 e. The molecule has 5 heteroatoms. The lowest BCUT2D eigenvalue weighted by atomic mass is 9.86. The Balaban J connectivity index is 1.52. The van der Waals surface area contributed by atoms with E-state index in [2.05, 4.69) is 11.1 Å². The van der Waals surface area contributed by atoms with Gasteiger partial charge in [0, 0.05) is 33.1 Å². The lowest BCUT2D eigenvalue weighted by molar-refractivity contribution is -0.253. The molecule has 0 saturated heterocycles. The second kappa shape index (κ2) is 10.9. The van der Waals surface area contributed by atoms with E-state index >= 15 is 0 Å². The minimum Gasteiger partial charge on any atom is -0.349 e. The Morgan fingerprint density at radius 1 is 0.824 bits per heavy atom. The van der Waals surface area contributed by atoms with Crippen LogP contribution >= 0.6 is 23.2 Å². The summed E-state index contributed by atoms with van der Waals surface area (Å²) in [7, 11) is 0. The summed E-state index contributed by atoms with van der Waals surface area (Å²) in [5.74, 6) is -0.0308. The second-order valence-electron chi connectivity index (χ2n) is 8.49. The Morgan fingerprint density at radius 2 is 1.41 bits per heavy atom. The summed E-state index contributed by atoms with van der Waals surface area (Å²) < 4.78 is 0. The zero-order chi connectivity index (χ0) is 24.1. The van der Waals surface area contributed by atoms with E-state index < -0.39 is 0 Å². The van der Waals surface area contributed by atoms with E-state index in [4.69, 9.17) is 23.2 Å². The van der Waals surface area contributed by atoms with Crippen molar-refractivity contribution in [2.45, 2.75) is 25.3 Å². The summed E-state index contributed by atoms with van der Waals surface area (Å²) in [5, 5.41) is 4.60. The molecule has 0 aliphatic carbocycles. The SMILES string of the molecule is C[C@@H](NC(=O)c1ccc(-c2ccccc2[NH3+])cc1)[C@H](Cc1ccc(Cl)cc1)c1ccc(Cl)cc1. The van der Waals surface area contributed by atoms with Gasteiger partial charge in [0.2, 0.25) is 0 Å². The van der Waals surface area contributed by atoms with Crippen LogP contribution in [0.15, 0.2) is 97.1 Å². The molecule has 0 bridgehead atoms. The van der Waals surface area contributed by atoms with Crippen molar-refractivity contribution in [3.05, 3.63) is 124 Å². The summed E-state index contributed by atoms with van der Waals surface area (Å²) in [6.07, 6.45) is 0.763. The predicted molar refractivity (Wildman–Crippen MR) is 141 cm³/mol. The van der Waals surface area contributed by atoms with Crippen molar-refractivity contribution in [3.63, 3.8) is 0 Å². The fourth-order valence-electron chi connectivity index (χ4n) is 4.16. The second-order valence-corrected chi connectivity index (χ2v) is 9.36. The lowest BCUT2D eigenvalue weighted by Gasteiger charge is -2.26. The maximum absolute atomic E-state index is 13.1. The van der Waals surface area contributed by atoms with Crippen LogP contribution in [-0.4, -0.2) is 11.9 Å². The molecule has 4 aromatic rings. The number of amides is 1. The van der Waals surface area contributed by atoms with Crippen LogP contribution < -0.4 is 11.1 Å². The van der Waals surface area contributed by atoms with Gasteiger partial charge in [0.25, 0.3) is 5.91 Å². The maximum atomic E-state index is 13.1. The first kappa shape index (κ1) is 24.0. The molecule has 4 rings (SSSR count). The molecule has 2 atom stereocenters. The van der Waals surface area contributed by atoms with Gasteiger partial charge in [-0.3, -0.25) is 4.79 Å². The van der Waals surface area contributed by atoms with Gasteiger partial charge in [-0.2, -0.15) is 0 Å². The molecule has 0 unspecified atom stereocenters. The van der Waals surface area contributed by atoms with E-state index in [0.717, 1.165) is 34.4 Å². The Morgan fingerprint density at radius 3 is 2.03 bits per heavy atom. The van der Waals surface area contributed by atoms with Gasteiger partial charge in [0.15, 0.2) is 0 Å². The van der Waals surface area contributed by atoms with Gasteiger partial charge < -0.3 is 11.1 Å². The monoisotopic (exact) mass is 489 g/mol. The lowest BCUT2D eigenvalue weighted by Crippen LogP contribution is -2.40. The van der Waals surface area contributed by atoms with Crippen LogP contribution in [0, 0.1) is 0 Å². The molecule has 172 valence electrons. The molecular formula is C29H27Cl2N2O+. The molecule has 0 spiro atoms. The number of carbonyl (C=O) groups excluding carboxylic acids is 1. The third kappa shape index (κ3) is 5.87. The minimum absolute atomic E-state index is 0.0692. The van der Waals surface area contributed by atoms with Crippen LogP contribution in [0.5, 0.6) is 0 Å². The number of benzene rings is 4. The van der Waals surface area contributed by atoms with E-state index in [1.54, 1.807) is 0 Å². The minimum atomic E-state index is -0.107. The summed E-state index contributed by atoms with van der Waals surface area (Å²) in [6.45, 7) is 2.04. The molecule has 0 fully saturated rings. The van der Waals surface area contributed by atoms with Crippen LogP contribution in [0.2, 0.25) is 10.0 Å². The van der Waals surface area contributed by atoms with Crippen LogP contribution in [-0.2, 0) is 6.42 Å². The summed E-state index contributed by atoms with van der Waals surface area (Å²) in [4.78, 5) is 13.1. The van der Waals surface area contributed by atoms with Crippen molar-refractivity contribution in [3.8, 4) is 11.1 Å². The average molecular weight is 490 g/mol. The quantitative estimate of drug-likeness (QED) is 0.298. The highest BCUT2D eigenvalue weighted by molar-refractivity contribution is 6.30. The standard InChI is InChI=1S/C29H26Cl2N2O/c1-19(27(22-12-16-25(31)17-13-22)18-20-6-14-24(30)15-7-20)33-29(34)23-10-8-21(9-11-23)26-4-2-3-5-28(26)32/h2-17,19,27H,18,32H2,1H3,(H,33,34)/p+1/t19-,27+/m1/s1. The van der Waals surface area contributed by atoms with Crippen molar-refractivity contribution in [2.24, 2.45) is 0 Å².